The molecule has 0 unspecified atom stereocenters. The van der Waals surface area contributed by atoms with Crippen molar-refractivity contribution in [2.45, 2.75) is 19.8 Å². The second kappa shape index (κ2) is 6.64. The van der Waals surface area contributed by atoms with Gasteiger partial charge < -0.3 is 4.74 Å². The average molecular weight is 268 g/mol. The van der Waals surface area contributed by atoms with E-state index >= 15 is 0 Å². The zero-order valence-corrected chi connectivity index (χ0v) is 9.05. The fourth-order valence-corrected chi connectivity index (χ4v) is 1.08. The van der Waals surface area contributed by atoms with Gasteiger partial charge in [0.2, 0.25) is 0 Å². The molecule has 0 rings (SSSR count). The number of carbonyl (C=O) groups is 1. The minimum atomic E-state index is -0.224. The Morgan fingerprint density at radius 2 is 2.27 bits per heavy atom. The quantitative estimate of drug-likeness (QED) is 0.257. The van der Waals surface area contributed by atoms with Gasteiger partial charge in [-0.2, -0.15) is 0 Å². The van der Waals surface area contributed by atoms with Gasteiger partial charge >= 0.3 is 5.97 Å². The van der Waals surface area contributed by atoms with Crippen molar-refractivity contribution in [3.63, 3.8) is 0 Å². The molecule has 0 fully saturated rings. The first-order valence-electron chi connectivity index (χ1n) is 3.53. The van der Waals surface area contributed by atoms with Crippen molar-refractivity contribution in [3.05, 3.63) is 11.6 Å². The number of alkyl halides is 1. The Kier molecular flexibility index (Phi) is 6.60. The first kappa shape index (κ1) is 10.9. The third-order valence-corrected chi connectivity index (χ3v) is 2.06. The Morgan fingerprint density at radius 3 is 2.73 bits per heavy atom. The Labute approximate surface area is 81.1 Å². The van der Waals surface area contributed by atoms with E-state index in [0.29, 0.717) is 5.57 Å². The molecule has 0 aliphatic carbocycles. The maximum atomic E-state index is 10.8. The summed E-state index contributed by atoms with van der Waals surface area (Å²) < 4.78 is 5.66. The lowest BCUT2D eigenvalue weighted by Crippen LogP contribution is -2.01. The Morgan fingerprint density at radius 1 is 1.64 bits per heavy atom. The van der Waals surface area contributed by atoms with Gasteiger partial charge in [-0.3, -0.25) is 0 Å². The van der Waals surface area contributed by atoms with Crippen molar-refractivity contribution >= 4 is 28.6 Å². The third-order valence-electron chi connectivity index (χ3n) is 1.30. The van der Waals surface area contributed by atoms with Crippen molar-refractivity contribution in [1.29, 1.82) is 0 Å². The summed E-state index contributed by atoms with van der Waals surface area (Å²) in [6.07, 6.45) is 4.00. The molecule has 3 heteroatoms. The molecule has 0 aromatic rings. The van der Waals surface area contributed by atoms with E-state index in [-0.39, 0.29) is 5.97 Å². The molecule has 0 bridgehead atoms. The Balaban J connectivity index is 3.71. The molecule has 0 aromatic carbocycles. The van der Waals surface area contributed by atoms with Gasteiger partial charge in [-0.1, -0.05) is 28.7 Å². The molecule has 0 amide bonds. The van der Waals surface area contributed by atoms with Crippen molar-refractivity contribution in [2.24, 2.45) is 0 Å². The van der Waals surface area contributed by atoms with Gasteiger partial charge in [-0.15, -0.1) is 0 Å². The molecule has 0 saturated heterocycles. The van der Waals surface area contributed by atoms with Gasteiger partial charge in [-0.05, 0) is 24.2 Å². The fourth-order valence-electron chi connectivity index (χ4n) is 0.640. The lowest BCUT2D eigenvalue weighted by molar-refractivity contribution is -0.136. The van der Waals surface area contributed by atoms with Crippen LogP contribution in [-0.2, 0) is 9.53 Å². The van der Waals surface area contributed by atoms with Crippen molar-refractivity contribution < 1.29 is 9.53 Å². The number of ether oxygens (including phenoxy) is 1. The molecule has 0 radical (unpaired) electrons. The summed E-state index contributed by atoms with van der Waals surface area (Å²) in [5.41, 5.74) is 0.706. The third kappa shape index (κ3) is 5.24. The van der Waals surface area contributed by atoms with Gasteiger partial charge in [0.25, 0.3) is 0 Å². The van der Waals surface area contributed by atoms with E-state index in [2.05, 4.69) is 27.3 Å². The molecule has 0 aromatic heterocycles. The number of rotatable bonds is 4. The van der Waals surface area contributed by atoms with Gasteiger partial charge in [0, 0.05) is 5.57 Å². The monoisotopic (exact) mass is 268 g/mol. The molecule has 0 saturated carbocycles. The summed E-state index contributed by atoms with van der Waals surface area (Å²) in [6, 6.07) is 0. The van der Waals surface area contributed by atoms with Gasteiger partial charge in [0.1, 0.15) is 0 Å². The molecular formula is C8H13IO2. The predicted molar refractivity (Wildman–Crippen MR) is 53.9 cm³/mol. The highest BCUT2D eigenvalue weighted by atomic mass is 127. The first-order chi connectivity index (χ1) is 5.22. The zero-order chi connectivity index (χ0) is 8.69. The normalized spacial score (nSPS) is 11.4. The van der Waals surface area contributed by atoms with E-state index in [9.17, 15) is 4.79 Å². The van der Waals surface area contributed by atoms with Crippen molar-refractivity contribution in [2.75, 3.05) is 11.5 Å². The molecule has 0 N–H and O–H groups in total. The zero-order valence-electron chi connectivity index (χ0n) is 6.89. The second-order valence-electron chi connectivity index (χ2n) is 2.21. The van der Waals surface area contributed by atoms with Crippen LogP contribution in [0.15, 0.2) is 11.6 Å². The molecule has 0 heterocycles. The van der Waals surface area contributed by atoms with E-state index < -0.39 is 0 Å². The predicted octanol–water partition coefficient (Wildman–Crippen LogP) is 2.32. The number of esters is 1. The highest BCUT2D eigenvalue weighted by Gasteiger charge is 2.00. The summed E-state index contributed by atoms with van der Waals surface area (Å²) in [7, 11) is 1.40. The number of carbonyl (C=O) groups excluding carboxylic acids is 1. The molecule has 0 atom stereocenters. The summed E-state index contributed by atoms with van der Waals surface area (Å²) >= 11 is 2.32. The smallest absolute Gasteiger partial charge is 0.333 e. The van der Waals surface area contributed by atoms with Crippen LogP contribution in [0.4, 0.5) is 0 Å². The lowest BCUT2D eigenvalue weighted by Gasteiger charge is -1.97. The van der Waals surface area contributed by atoms with Crippen LogP contribution in [0.2, 0.25) is 0 Å². The maximum absolute atomic E-state index is 10.8. The lowest BCUT2D eigenvalue weighted by atomic mass is 10.2. The Hall–Kier alpha value is -0.0600. The molecule has 0 aliphatic rings. The van der Waals surface area contributed by atoms with E-state index in [1.54, 1.807) is 6.92 Å². The van der Waals surface area contributed by atoms with Crippen LogP contribution in [0.3, 0.4) is 0 Å². The highest BCUT2D eigenvalue weighted by molar-refractivity contribution is 14.1. The van der Waals surface area contributed by atoms with Crippen LogP contribution >= 0.6 is 22.6 Å². The van der Waals surface area contributed by atoms with Gasteiger partial charge in [-0.25, -0.2) is 4.79 Å². The van der Waals surface area contributed by atoms with E-state index in [1.807, 2.05) is 6.08 Å². The largest absolute Gasteiger partial charge is 0.466 e. The minimum absolute atomic E-state index is 0.224. The van der Waals surface area contributed by atoms with Crippen LogP contribution in [-0.4, -0.2) is 17.5 Å². The van der Waals surface area contributed by atoms with Crippen LogP contribution in [0, 0.1) is 0 Å². The summed E-state index contributed by atoms with van der Waals surface area (Å²) in [6.45, 7) is 1.78. The minimum Gasteiger partial charge on any atom is -0.466 e. The molecule has 0 aliphatic heterocycles. The molecular weight excluding hydrogens is 255 g/mol. The standard InChI is InChI=1S/C8H13IO2/c1-7(8(10)11-2)5-3-4-6-9/h5H,3-4,6H2,1-2H3/b7-5+. The van der Waals surface area contributed by atoms with Gasteiger partial charge in [0.05, 0.1) is 7.11 Å². The second-order valence-corrected chi connectivity index (χ2v) is 3.29. The Bertz CT molecular complexity index is 152. The summed E-state index contributed by atoms with van der Waals surface area (Å²) in [5, 5.41) is 0. The number of hydrogen-bond acceptors (Lipinski definition) is 2. The topological polar surface area (TPSA) is 26.3 Å². The fraction of sp³-hybridized carbons (Fsp3) is 0.625. The molecule has 11 heavy (non-hydrogen) atoms. The van der Waals surface area contributed by atoms with E-state index in [0.717, 1.165) is 17.3 Å². The first-order valence-corrected chi connectivity index (χ1v) is 5.06. The van der Waals surface area contributed by atoms with Crippen LogP contribution < -0.4 is 0 Å². The number of allylic oxidation sites excluding steroid dienone is 1. The van der Waals surface area contributed by atoms with E-state index in [4.69, 9.17) is 0 Å². The number of halogens is 1. The van der Waals surface area contributed by atoms with Crippen LogP contribution in [0.1, 0.15) is 19.8 Å². The van der Waals surface area contributed by atoms with Crippen LogP contribution in [0.25, 0.3) is 0 Å². The average Bonchev–Trinajstić information content (AvgIpc) is 2.03. The molecule has 2 nitrogen and oxygen atoms in total. The van der Waals surface area contributed by atoms with Crippen molar-refractivity contribution in [1.82, 2.24) is 0 Å². The molecule has 0 spiro atoms. The number of methoxy groups -OCH3 is 1. The van der Waals surface area contributed by atoms with Crippen LogP contribution in [0.5, 0.6) is 0 Å². The SMILES string of the molecule is COC(=O)/C(C)=C/CCCI. The number of hydrogen-bond donors (Lipinski definition) is 0. The van der Waals surface area contributed by atoms with E-state index in [1.165, 1.54) is 7.11 Å². The van der Waals surface area contributed by atoms with Gasteiger partial charge in [0.15, 0.2) is 0 Å². The summed E-state index contributed by atoms with van der Waals surface area (Å²) in [4.78, 5) is 10.8. The summed E-state index contributed by atoms with van der Waals surface area (Å²) in [5.74, 6) is -0.224. The highest BCUT2D eigenvalue weighted by Crippen LogP contribution is 2.01. The van der Waals surface area contributed by atoms with Crippen molar-refractivity contribution in [3.8, 4) is 0 Å². The number of unbranched alkanes of at least 4 members (excludes halogenated alkanes) is 1. The maximum Gasteiger partial charge on any atom is 0.333 e. The molecule has 64 valence electrons.